The van der Waals surface area contributed by atoms with Crippen LogP contribution < -0.4 is 10.6 Å². The number of carbonyl (C=O) groups excluding carboxylic acids is 1. The van der Waals surface area contributed by atoms with Gasteiger partial charge in [-0.1, -0.05) is 37.3 Å². The molecule has 0 saturated carbocycles. The maximum absolute atomic E-state index is 13.5. The zero-order chi connectivity index (χ0) is 18.0. The van der Waals surface area contributed by atoms with Crippen molar-refractivity contribution in [1.82, 2.24) is 15.1 Å². The minimum atomic E-state index is -4.45. The van der Waals surface area contributed by atoms with E-state index in [1.807, 2.05) is 13.0 Å². The zero-order valence-corrected chi connectivity index (χ0v) is 13.7. The number of aromatic nitrogens is 2. The van der Waals surface area contributed by atoms with Crippen molar-refractivity contribution in [3.8, 4) is 0 Å². The number of anilines is 1. The van der Waals surface area contributed by atoms with Crippen LogP contribution in [0.5, 0.6) is 0 Å². The second-order valence-corrected chi connectivity index (χ2v) is 6.02. The number of hydrogen-bond acceptors (Lipinski definition) is 3. The van der Waals surface area contributed by atoms with Crippen LogP contribution in [-0.2, 0) is 0 Å². The van der Waals surface area contributed by atoms with Gasteiger partial charge in [-0.2, -0.15) is 18.3 Å². The van der Waals surface area contributed by atoms with Crippen molar-refractivity contribution in [3.63, 3.8) is 0 Å². The fourth-order valence-electron chi connectivity index (χ4n) is 2.92. The first-order valence-electron chi connectivity index (χ1n) is 8.16. The van der Waals surface area contributed by atoms with Gasteiger partial charge < -0.3 is 10.6 Å². The van der Waals surface area contributed by atoms with Gasteiger partial charge in [0, 0.05) is 19.0 Å². The SMILES string of the molecule is CCCNC(=O)c1cc2n(n1)[C@H](C(F)(F)F)C[C@@H](c1ccccc1)N2. The molecule has 2 heterocycles. The number of halogens is 3. The quantitative estimate of drug-likeness (QED) is 0.882. The molecule has 8 heteroatoms. The predicted octanol–water partition coefficient (Wildman–Crippen LogP) is 3.68. The molecule has 0 radical (unpaired) electrons. The van der Waals surface area contributed by atoms with Gasteiger partial charge in [-0.3, -0.25) is 4.79 Å². The summed E-state index contributed by atoms with van der Waals surface area (Å²) in [6, 6.07) is 8.06. The molecule has 0 aliphatic carbocycles. The van der Waals surface area contributed by atoms with Crippen LogP contribution in [0, 0.1) is 0 Å². The van der Waals surface area contributed by atoms with Gasteiger partial charge in [-0.25, -0.2) is 4.68 Å². The first-order chi connectivity index (χ1) is 11.9. The molecule has 1 aromatic heterocycles. The predicted molar refractivity (Wildman–Crippen MR) is 87.4 cm³/mol. The summed E-state index contributed by atoms with van der Waals surface area (Å²) in [6.07, 6.45) is -3.90. The summed E-state index contributed by atoms with van der Waals surface area (Å²) in [5, 5.41) is 9.60. The van der Waals surface area contributed by atoms with Gasteiger partial charge >= 0.3 is 6.18 Å². The monoisotopic (exact) mass is 352 g/mol. The van der Waals surface area contributed by atoms with Crippen molar-refractivity contribution < 1.29 is 18.0 Å². The molecule has 1 aliphatic rings. The minimum absolute atomic E-state index is 0.0149. The second-order valence-electron chi connectivity index (χ2n) is 6.02. The third-order valence-corrected chi connectivity index (χ3v) is 4.16. The van der Waals surface area contributed by atoms with E-state index in [4.69, 9.17) is 0 Å². The highest BCUT2D eigenvalue weighted by atomic mass is 19.4. The number of nitrogens with one attached hydrogen (secondary N) is 2. The lowest BCUT2D eigenvalue weighted by atomic mass is 9.97. The lowest BCUT2D eigenvalue weighted by molar-refractivity contribution is -0.173. The highest BCUT2D eigenvalue weighted by Crippen LogP contribution is 2.43. The van der Waals surface area contributed by atoms with Crippen LogP contribution in [0.25, 0.3) is 0 Å². The molecule has 3 rings (SSSR count). The zero-order valence-electron chi connectivity index (χ0n) is 13.7. The Labute approximate surface area is 143 Å². The molecule has 1 aromatic carbocycles. The molecule has 5 nitrogen and oxygen atoms in total. The molecule has 0 fully saturated rings. The molecular formula is C17H19F3N4O. The molecule has 0 unspecified atom stereocenters. The molecule has 1 amide bonds. The van der Waals surface area contributed by atoms with E-state index in [1.54, 1.807) is 24.3 Å². The number of nitrogens with zero attached hydrogens (tertiary/aromatic N) is 2. The largest absolute Gasteiger partial charge is 0.410 e. The maximum atomic E-state index is 13.5. The molecule has 1 aliphatic heterocycles. The summed E-state index contributed by atoms with van der Waals surface area (Å²) in [5.41, 5.74) is 0.750. The van der Waals surface area contributed by atoms with Crippen molar-refractivity contribution >= 4 is 11.7 Å². The number of hydrogen-bond donors (Lipinski definition) is 2. The van der Waals surface area contributed by atoms with E-state index in [2.05, 4.69) is 15.7 Å². The highest BCUT2D eigenvalue weighted by Gasteiger charge is 2.46. The van der Waals surface area contributed by atoms with Crippen LogP contribution in [0.1, 0.15) is 47.9 Å². The number of rotatable bonds is 4. The molecule has 2 N–H and O–H groups in total. The Morgan fingerprint density at radius 3 is 2.72 bits per heavy atom. The Morgan fingerprint density at radius 2 is 2.08 bits per heavy atom. The summed E-state index contributed by atoms with van der Waals surface area (Å²) >= 11 is 0. The molecule has 2 atom stereocenters. The highest BCUT2D eigenvalue weighted by molar-refractivity contribution is 5.93. The standard InChI is InChI=1S/C17H19F3N4O/c1-2-8-21-16(25)13-10-15-22-12(11-6-4-3-5-7-11)9-14(17(18,19)20)24(15)23-13/h3-7,10,12,14,22H,2,8-9H2,1H3,(H,21,25)/t12-,14-/m0/s1. The van der Waals surface area contributed by atoms with Gasteiger partial charge in [-0.05, 0) is 12.0 Å². The van der Waals surface area contributed by atoms with Gasteiger partial charge in [0.15, 0.2) is 11.7 Å². The van der Waals surface area contributed by atoms with Crippen molar-refractivity contribution in [3.05, 3.63) is 47.7 Å². The van der Waals surface area contributed by atoms with Gasteiger partial charge in [0.05, 0.1) is 6.04 Å². The van der Waals surface area contributed by atoms with E-state index in [1.165, 1.54) is 6.07 Å². The summed E-state index contributed by atoms with van der Waals surface area (Å²) in [5.74, 6) is -0.271. The van der Waals surface area contributed by atoms with Gasteiger partial charge in [0.1, 0.15) is 5.82 Å². The van der Waals surface area contributed by atoms with Gasteiger partial charge in [0.25, 0.3) is 5.91 Å². The fourth-order valence-corrected chi connectivity index (χ4v) is 2.92. The lowest BCUT2D eigenvalue weighted by Crippen LogP contribution is -2.35. The van der Waals surface area contributed by atoms with E-state index in [9.17, 15) is 18.0 Å². The van der Waals surface area contributed by atoms with Crippen LogP contribution in [0.2, 0.25) is 0 Å². The molecule has 2 aromatic rings. The maximum Gasteiger partial charge on any atom is 0.410 e. The second kappa shape index (κ2) is 6.78. The first-order valence-corrected chi connectivity index (χ1v) is 8.16. The molecule has 0 saturated heterocycles. The van der Waals surface area contributed by atoms with E-state index < -0.39 is 24.2 Å². The van der Waals surface area contributed by atoms with Crippen molar-refractivity contribution in [1.29, 1.82) is 0 Å². The van der Waals surface area contributed by atoms with Gasteiger partial charge in [0.2, 0.25) is 0 Å². The van der Waals surface area contributed by atoms with Crippen LogP contribution in [-0.4, -0.2) is 28.4 Å². The number of alkyl halides is 3. The van der Waals surface area contributed by atoms with E-state index in [0.717, 1.165) is 16.7 Å². The van der Waals surface area contributed by atoms with E-state index >= 15 is 0 Å². The third-order valence-electron chi connectivity index (χ3n) is 4.16. The Bertz CT molecular complexity index is 742. The van der Waals surface area contributed by atoms with E-state index in [0.29, 0.717) is 6.54 Å². The summed E-state index contributed by atoms with van der Waals surface area (Å²) in [4.78, 5) is 12.0. The number of fused-ring (bicyclic) bond motifs is 1. The van der Waals surface area contributed by atoms with Crippen LogP contribution in [0.3, 0.4) is 0 Å². The molecule has 0 bridgehead atoms. The van der Waals surface area contributed by atoms with Crippen LogP contribution in [0.4, 0.5) is 19.0 Å². The summed E-state index contributed by atoms with van der Waals surface area (Å²) in [6.45, 7) is 2.34. The summed E-state index contributed by atoms with van der Waals surface area (Å²) < 4.78 is 41.5. The number of benzene rings is 1. The van der Waals surface area contributed by atoms with Crippen molar-refractivity contribution in [2.75, 3.05) is 11.9 Å². The van der Waals surface area contributed by atoms with Crippen LogP contribution in [0.15, 0.2) is 36.4 Å². The lowest BCUT2D eigenvalue weighted by Gasteiger charge is -2.33. The number of amides is 1. The van der Waals surface area contributed by atoms with Gasteiger partial charge in [-0.15, -0.1) is 0 Å². The Morgan fingerprint density at radius 1 is 1.36 bits per heavy atom. The third kappa shape index (κ3) is 3.62. The summed E-state index contributed by atoms with van der Waals surface area (Å²) in [7, 11) is 0. The molecule has 25 heavy (non-hydrogen) atoms. The molecule has 134 valence electrons. The van der Waals surface area contributed by atoms with Crippen molar-refractivity contribution in [2.24, 2.45) is 0 Å². The number of carbonyl (C=O) groups is 1. The smallest absolute Gasteiger partial charge is 0.363 e. The average molecular weight is 352 g/mol. The normalized spacial score (nSPS) is 19.8. The molecular weight excluding hydrogens is 333 g/mol. The Balaban J connectivity index is 1.93. The van der Waals surface area contributed by atoms with Crippen molar-refractivity contribution in [2.45, 2.75) is 38.0 Å². The average Bonchev–Trinajstić information content (AvgIpc) is 3.02. The van der Waals surface area contributed by atoms with E-state index in [-0.39, 0.29) is 17.9 Å². The Hall–Kier alpha value is -2.51. The first kappa shape index (κ1) is 17.3. The topological polar surface area (TPSA) is 59.0 Å². The molecule has 0 spiro atoms. The fraction of sp³-hybridized carbons (Fsp3) is 0.412. The minimum Gasteiger partial charge on any atom is -0.363 e. The Kier molecular flexibility index (Phi) is 4.69. The van der Waals surface area contributed by atoms with Crippen LogP contribution >= 0.6 is 0 Å².